The monoisotopic (exact) mass is 1320 g/mol. The van der Waals surface area contributed by atoms with Crippen LogP contribution in [0, 0.1) is 23.2 Å². The summed E-state index contributed by atoms with van der Waals surface area (Å²) in [7, 11) is 0. The van der Waals surface area contributed by atoms with Crippen LogP contribution in [0.1, 0.15) is 45.2 Å². The van der Waals surface area contributed by atoms with Gasteiger partial charge < -0.3 is 50.2 Å². The molecule has 0 saturated carbocycles. The van der Waals surface area contributed by atoms with E-state index in [9.17, 15) is 35.9 Å². The van der Waals surface area contributed by atoms with Gasteiger partial charge >= 0.3 is 163 Å². The number of nitrogens with zero attached hydrogens (tertiary/aromatic N) is 3. The number of benzene rings is 4. The van der Waals surface area contributed by atoms with Crippen molar-refractivity contribution in [3.8, 4) is 29.1 Å². The topological polar surface area (TPSA) is 180 Å². The van der Waals surface area contributed by atoms with E-state index in [1.54, 1.807) is 11.0 Å². The fourth-order valence-corrected chi connectivity index (χ4v) is 6.66. The van der Waals surface area contributed by atoms with Gasteiger partial charge in [0.25, 0.3) is 6.47 Å². The van der Waals surface area contributed by atoms with Crippen LogP contribution < -0.4 is 157 Å². The molecule has 2 aliphatic heterocycles. The summed E-state index contributed by atoms with van der Waals surface area (Å²) >= 11 is 2.39. The van der Waals surface area contributed by atoms with Crippen molar-refractivity contribution in [3.63, 3.8) is 0 Å². The van der Waals surface area contributed by atoms with Gasteiger partial charge in [0.05, 0.1) is 12.7 Å². The Morgan fingerprint density at radius 2 is 1.10 bits per heavy atom. The zero-order valence-corrected chi connectivity index (χ0v) is 52.3. The molecule has 0 bridgehead atoms. The number of carbonyl (C=O) groups is 3. The van der Waals surface area contributed by atoms with Gasteiger partial charge in [-0.15, -0.1) is 26.3 Å². The molecule has 2 unspecified atom stereocenters. The molecule has 6 rings (SSSR count). The van der Waals surface area contributed by atoms with Crippen LogP contribution >= 0.6 is 22.6 Å². The molecule has 2 amide bonds. The first-order valence-electron chi connectivity index (χ1n) is 20.0. The van der Waals surface area contributed by atoms with E-state index in [2.05, 4.69) is 37.0 Å². The van der Waals surface area contributed by atoms with E-state index >= 15 is 0 Å². The quantitative estimate of drug-likeness (QED) is 0.0574. The molecule has 2 fully saturated rings. The Hall–Kier alpha value is -2.05. The van der Waals surface area contributed by atoms with Gasteiger partial charge in [0.1, 0.15) is 36.2 Å². The van der Waals surface area contributed by atoms with Gasteiger partial charge in [-0.05, 0) is 91.3 Å². The van der Waals surface area contributed by atoms with Gasteiger partial charge in [0.15, 0.2) is 0 Å². The zero-order chi connectivity index (χ0) is 48.8. The number of ether oxygens (including phenoxy) is 5. The summed E-state index contributed by atoms with van der Waals surface area (Å²) in [5.74, 6) is 0.450. The molecule has 0 radical (unpaired) electrons. The van der Waals surface area contributed by atoms with Crippen molar-refractivity contribution in [1.29, 1.82) is 5.26 Å². The fraction of sp³-hybridized carbons (Fsp3) is 0.378. The Morgan fingerprint density at radius 3 is 1.49 bits per heavy atom. The molecule has 14 nitrogen and oxygen atoms in total. The number of phenolic OH excluding ortho intramolecular Hbond substituents is 1. The van der Waals surface area contributed by atoms with Crippen LogP contribution in [0.3, 0.4) is 0 Å². The van der Waals surface area contributed by atoms with Gasteiger partial charge in [-0.2, -0.15) is 5.26 Å². The van der Waals surface area contributed by atoms with Crippen LogP contribution in [0.25, 0.3) is 0 Å². The minimum absolute atomic E-state index is 0. The number of hydrogen-bond donors (Lipinski definition) is 1. The second-order valence-electron chi connectivity index (χ2n) is 13.9. The first kappa shape index (κ1) is 66.0. The average molecular weight is 1320 g/mol. The van der Waals surface area contributed by atoms with Crippen molar-refractivity contribution >= 4 is 41.2 Å². The zero-order valence-electron chi connectivity index (χ0n) is 38.6. The van der Waals surface area contributed by atoms with Crippen LogP contribution in [0.2, 0.25) is 0 Å². The summed E-state index contributed by atoms with van der Waals surface area (Å²) in [5, 5.41) is 24.5. The maximum Gasteiger partial charge on any atom is 1.00 e. The largest absolute Gasteiger partial charge is 1.00 e. The average Bonchev–Trinajstić information content (AvgIpc) is 3.31. The molecule has 2 aliphatic rings. The second-order valence-corrected chi connectivity index (χ2v) is 14.8. The van der Waals surface area contributed by atoms with Crippen LogP contribution in [0.4, 0.5) is 35.9 Å². The van der Waals surface area contributed by atoms with E-state index in [0.717, 1.165) is 72.2 Å². The number of amides is 2. The molecule has 23 heteroatoms. The molecule has 0 aromatic heterocycles. The van der Waals surface area contributed by atoms with Crippen LogP contribution in [-0.4, -0.2) is 83.5 Å². The first-order valence-corrected chi connectivity index (χ1v) is 21.5. The second kappa shape index (κ2) is 37.7. The molecule has 68 heavy (non-hydrogen) atoms. The van der Waals surface area contributed by atoms with E-state index in [4.69, 9.17) is 34.6 Å². The number of carbonyl (C=O) groups excluding carboxylic acids is 3. The molecule has 2 atom stereocenters. The molecule has 2 saturated heterocycles. The van der Waals surface area contributed by atoms with E-state index in [1.807, 2.05) is 65.6 Å². The summed E-state index contributed by atoms with van der Waals surface area (Å²) in [6.45, 7) is 5.03. The van der Waals surface area contributed by atoms with E-state index < -0.39 is 12.7 Å². The van der Waals surface area contributed by atoms with Crippen molar-refractivity contribution in [2.24, 2.45) is 11.8 Å². The predicted molar refractivity (Wildman–Crippen MR) is 234 cm³/mol. The standard InChI is InChI=1S/C21H22F3NO4.C14H18INO2.C7H5F3O2.C2H3N.CH2O3.2Cs.H/c22-21(23,24)29-19-10-8-18(9-11-19)27-15-17-7-4-12-25(13-17)20(26)28-14-16-5-2-1-3-6-16;15-9-13-7-4-8-16(10-13)14(17)18-11-12-5-2-1-3-6-12;8-7(9,10)12-6-3-1-5(11)2-4-6;1-2-3;2-1-4-3;;;/h1-3,5-6,8-11,17H,4,7,12-15H2;1-3,5-6,13H,4,7-11H2;1-4,11H;1H3;1,3H;;;/q;;;;;2*+1;-1/p-1. The van der Waals surface area contributed by atoms with E-state index in [-0.39, 0.29) is 188 Å². The summed E-state index contributed by atoms with van der Waals surface area (Å²) in [4.78, 5) is 39.0. The van der Waals surface area contributed by atoms with E-state index in [0.29, 0.717) is 38.0 Å². The van der Waals surface area contributed by atoms with Crippen LogP contribution in [0.5, 0.6) is 23.0 Å². The molecule has 0 spiro atoms. The number of halogens is 7. The van der Waals surface area contributed by atoms with Gasteiger partial charge in [0, 0.05) is 43.4 Å². The number of likely N-dealkylation sites (tertiary alicyclic amines) is 2. The van der Waals surface area contributed by atoms with Crippen molar-refractivity contribution in [2.45, 2.75) is 58.5 Å². The number of aromatic hydroxyl groups is 1. The Kier molecular flexibility index (Phi) is 36.6. The summed E-state index contributed by atoms with van der Waals surface area (Å²) in [6, 6.07) is 30.6. The third-order valence-corrected chi connectivity index (χ3v) is 10.1. The van der Waals surface area contributed by atoms with Crippen LogP contribution in [-0.2, 0) is 32.4 Å². The molecule has 2 heterocycles. The Morgan fingerprint density at radius 1 is 0.735 bits per heavy atom. The number of phenols is 1. The number of hydrogen-bond acceptors (Lipinski definition) is 12. The van der Waals surface area contributed by atoms with Crippen molar-refractivity contribution < 1.29 is 219 Å². The Labute approximate surface area is 523 Å². The molecule has 1 N–H and O–H groups in total. The summed E-state index contributed by atoms with van der Waals surface area (Å²) in [6.07, 6.45) is -5.87. The minimum atomic E-state index is -4.72. The van der Waals surface area contributed by atoms with Crippen molar-refractivity contribution in [2.75, 3.05) is 37.2 Å². The normalized spacial score (nSPS) is 14.8. The minimum Gasteiger partial charge on any atom is -1.00 e. The molecule has 362 valence electrons. The number of rotatable bonds is 11. The third-order valence-electron chi connectivity index (χ3n) is 8.84. The summed E-state index contributed by atoms with van der Waals surface area (Å²) < 4.78 is 96.1. The van der Waals surface area contributed by atoms with Crippen molar-refractivity contribution in [3.05, 3.63) is 120 Å². The Bertz CT molecular complexity index is 2020. The van der Waals surface area contributed by atoms with Crippen LogP contribution in [0.15, 0.2) is 109 Å². The maximum atomic E-state index is 12.3. The van der Waals surface area contributed by atoms with E-state index in [1.165, 1.54) is 37.6 Å². The van der Waals surface area contributed by atoms with Gasteiger partial charge in [-0.1, -0.05) is 83.3 Å². The molecular weight excluding hydrogens is 1270 g/mol. The Balaban J connectivity index is 0. The molecule has 4 aromatic rings. The predicted octanol–water partition coefficient (Wildman–Crippen LogP) is 3.86. The smallest absolute Gasteiger partial charge is 1.00 e. The SMILES string of the molecule is CC#N.O=C(OCc1ccccc1)N1CCCC(CI)C1.O=C(OCc1ccccc1)N1CCCC(COc2ccc(OC(F)(F)F)cc2)C1.O=CO[O-].Oc1ccc(OC(F)(F)F)cc1.[Cs+].[Cs+].[H-]. The maximum absolute atomic E-state index is 12.3. The third kappa shape index (κ3) is 31.3. The number of piperidine rings is 2. The van der Waals surface area contributed by atoms with Crippen molar-refractivity contribution in [1.82, 2.24) is 9.80 Å². The van der Waals surface area contributed by atoms with Gasteiger partial charge in [0.2, 0.25) is 0 Å². The number of nitriles is 1. The first-order chi connectivity index (χ1) is 31.5. The molecule has 0 aliphatic carbocycles. The number of alkyl halides is 7. The van der Waals surface area contributed by atoms with Gasteiger partial charge in [-0.25, -0.2) is 9.59 Å². The fourth-order valence-electron chi connectivity index (χ4n) is 5.94. The summed E-state index contributed by atoms with van der Waals surface area (Å²) in [5.41, 5.74) is 1.96. The molecule has 4 aromatic carbocycles. The van der Waals surface area contributed by atoms with Gasteiger partial charge in [-0.3, -0.25) is 4.79 Å². The molecular formula is C45H50Cs2F6IN3O11.